The van der Waals surface area contributed by atoms with Crippen LogP contribution < -0.4 is 9.30 Å². The van der Waals surface area contributed by atoms with E-state index in [4.69, 9.17) is 35.0 Å². The Bertz CT molecular complexity index is 3610. The molecule has 0 saturated heterocycles. The van der Waals surface area contributed by atoms with Gasteiger partial charge in [0.05, 0.1) is 30.4 Å². The number of imidazole rings is 1. The van der Waals surface area contributed by atoms with Crippen LogP contribution in [0.25, 0.3) is 72.3 Å². The second-order valence-electron chi connectivity index (χ2n) is 14.7. The van der Waals surface area contributed by atoms with E-state index in [1.54, 1.807) is 63.7 Å². The van der Waals surface area contributed by atoms with Gasteiger partial charge in [0.2, 0.25) is 0 Å². The third-order valence-corrected chi connectivity index (χ3v) is 10.3. The van der Waals surface area contributed by atoms with E-state index in [9.17, 15) is 0 Å². The van der Waals surface area contributed by atoms with Gasteiger partial charge in [0.1, 0.15) is 5.82 Å². The number of para-hydroxylation sites is 2. The van der Waals surface area contributed by atoms with E-state index in [1.165, 1.54) is 0 Å². The van der Waals surface area contributed by atoms with Crippen molar-refractivity contribution in [2.75, 3.05) is 0 Å². The zero-order valence-corrected chi connectivity index (χ0v) is 34.8. The van der Waals surface area contributed by atoms with Gasteiger partial charge in [0.15, 0.2) is 0 Å². The molecule has 0 amide bonds. The molecule has 0 spiro atoms. The molecule has 0 N–H and O–H groups in total. The number of halogens is 1. The van der Waals surface area contributed by atoms with Crippen LogP contribution in [0.2, 0.25) is 5.02 Å². The molecule has 290 valence electrons. The van der Waals surface area contributed by atoms with Crippen LogP contribution in [-0.4, -0.2) is 14.1 Å². The predicted molar refractivity (Wildman–Crippen MR) is 235 cm³/mol. The summed E-state index contributed by atoms with van der Waals surface area (Å²) in [4.78, 5) is 4.79. The average Bonchev–Trinajstić information content (AvgIpc) is 3.86. The van der Waals surface area contributed by atoms with Gasteiger partial charge in [0.25, 0.3) is 6.33 Å². The fourth-order valence-electron chi connectivity index (χ4n) is 7.31. The van der Waals surface area contributed by atoms with Gasteiger partial charge < -0.3 is 13.9 Å². The quantitative estimate of drug-likeness (QED) is 0.118. The molecule has 3 aromatic heterocycles. The minimum Gasteiger partial charge on any atom is -0.510 e. The number of hydrogen-bond donors (Lipinski definition) is 0. The van der Waals surface area contributed by atoms with Crippen LogP contribution >= 0.6 is 11.6 Å². The van der Waals surface area contributed by atoms with Crippen LogP contribution in [0, 0.1) is 18.5 Å². The molecule has 0 fully saturated rings. The monoisotopic (exact) mass is 973 g/mol. The van der Waals surface area contributed by atoms with Gasteiger partial charge in [-0.3, -0.25) is 4.57 Å². The summed E-state index contributed by atoms with van der Waals surface area (Å²) in [6.45, 7) is 6.48. The van der Waals surface area contributed by atoms with E-state index in [-0.39, 0.29) is 54.4 Å². The maximum Gasteiger partial charge on any atom is 0.268 e. The van der Waals surface area contributed by atoms with Gasteiger partial charge in [-0.2, -0.15) is 18.2 Å². The first-order valence-corrected chi connectivity index (χ1v) is 18.9. The van der Waals surface area contributed by atoms with E-state index in [0.717, 1.165) is 33.2 Å². The number of rotatable bonds is 7. The summed E-state index contributed by atoms with van der Waals surface area (Å²) in [5.74, 6) is 1.49. The molecule has 0 aliphatic heterocycles. The SMILES string of the molecule is [2H]c1c([2H])c([2H])c(-c2cccc(-c3c([2H])c([2H])c([2H])c([2H])c3[2H])c2-n2[c-][n+](-c3[c-]c(Oc4[c-]c5c(cc4)c4ccccc4n5-c4cc(C(C)(C)C)ccn4)ccc3)c3cc(Cl)ccc32)c([2H])c1[2H].[Pt]. The van der Waals surface area contributed by atoms with Crippen molar-refractivity contribution in [2.24, 2.45) is 0 Å². The number of fused-ring (bicyclic) bond motifs is 4. The first kappa shape index (κ1) is 28.2. The zero-order chi connectivity index (χ0) is 48.1. The second kappa shape index (κ2) is 15.5. The third-order valence-electron chi connectivity index (χ3n) is 10.0. The first-order valence-electron chi connectivity index (χ1n) is 23.5. The fraction of sp³-hybridized carbons (Fsp3) is 0.0769. The summed E-state index contributed by atoms with van der Waals surface area (Å²) in [5.41, 5.74) is 4.19. The molecule has 0 saturated carbocycles. The number of ether oxygens (including phenoxy) is 1. The van der Waals surface area contributed by atoms with E-state index in [1.807, 2.05) is 36.5 Å². The van der Waals surface area contributed by atoms with Crippen LogP contribution in [0.3, 0.4) is 0 Å². The molecule has 0 radical (unpaired) electrons. The average molecular weight is 974 g/mol. The molecule has 5 nitrogen and oxygen atoms in total. The number of nitrogens with zero attached hydrogens (tertiary/aromatic N) is 4. The molecule has 7 aromatic carbocycles. The topological polar surface area (TPSA) is 35.9 Å². The Hall–Kier alpha value is -6.26. The Morgan fingerprint density at radius 1 is 0.695 bits per heavy atom. The van der Waals surface area contributed by atoms with Crippen molar-refractivity contribution in [1.82, 2.24) is 14.1 Å². The Balaban J connectivity index is 0.00000593. The molecule has 7 heteroatoms. The molecule has 0 aliphatic carbocycles. The van der Waals surface area contributed by atoms with Gasteiger partial charge in [-0.1, -0.05) is 141 Å². The van der Waals surface area contributed by atoms with E-state index >= 15 is 0 Å². The van der Waals surface area contributed by atoms with Crippen LogP contribution in [0.4, 0.5) is 0 Å². The van der Waals surface area contributed by atoms with Gasteiger partial charge in [-0.05, 0) is 74.6 Å². The van der Waals surface area contributed by atoms with E-state index in [2.05, 4.69) is 62.0 Å². The summed E-state index contributed by atoms with van der Waals surface area (Å²) in [7, 11) is 0. The van der Waals surface area contributed by atoms with Crippen molar-refractivity contribution >= 4 is 44.4 Å². The Morgan fingerprint density at radius 2 is 1.39 bits per heavy atom. The van der Waals surface area contributed by atoms with Crippen LogP contribution in [0.5, 0.6) is 11.5 Å². The molecular weight excluding hydrogens is 927 g/mol. The molecule has 0 unspecified atom stereocenters. The summed E-state index contributed by atoms with van der Waals surface area (Å²) in [6, 6.07) is 32.6. The Kier molecular flexibility index (Phi) is 7.41. The molecule has 0 atom stereocenters. The number of hydrogen-bond acceptors (Lipinski definition) is 2. The van der Waals surface area contributed by atoms with E-state index < -0.39 is 60.4 Å². The van der Waals surface area contributed by atoms with Gasteiger partial charge >= 0.3 is 0 Å². The van der Waals surface area contributed by atoms with Crippen LogP contribution in [0.15, 0.2) is 170 Å². The van der Waals surface area contributed by atoms with Crippen LogP contribution in [-0.2, 0) is 26.5 Å². The summed E-state index contributed by atoms with van der Waals surface area (Å²) in [6.07, 6.45) is 5.18. The molecule has 10 aromatic rings. The molecule has 10 rings (SSSR count). The van der Waals surface area contributed by atoms with Gasteiger partial charge in [-0.25, -0.2) is 4.98 Å². The molecular formula is C52H37ClN4OPt-2. The van der Waals surface area contributed by atoms with E-state index in [0.29, 0.717) is 33.2 Å². The summed E-state index contributed by atoms with van der Waals surface area (Å²) >= 11 is 6.67. The van der Waals surface area contributed by atoms with Crippen molar-refractivity contribution in [2.45, 2.75) is 26.2 Å². The largest absolute Gasteiger partial charge is 0.510 e. The molecule has 0 bridgehead atoms. The Morgan fingerprint density at radius 3 is 2.12 bits per heavy atom. The smallest absolute Gasteiger partial charge is 0.268 e. The minimum atomic E-state index is -0.585. The second-order valence-corrected chi connectivity index (χ2v) is 15.1. The van der Waals surface area contributed by atoms with Crippen molar-refractivity contribution < 1.29 is 44.1 Å². The molecule has 3 heterocycles. The van der Waals surface area contributed by atoms with Crippen molar-refractivity contribution in [3.63, 3.8) is 0 Å². The van der Waals surface area contributed by atoms with Crippen molar-refractivity contribution in [3.8, 4) is 50.9 Å². The number of aromatic nitrogens is 4. The standard InChI is InChI=1S/C52H37ClN4O.Pt/c1-52(2,3)37-28-29-54-50(30-37)57-46-23-11-10-20-44(46)45-26-25-41(33-48(45)57)58-40-19-12-18-39(32-40)55-34-56(47-27-24-38(53)31-49(47)55)51-42(35-14-6-4-7-15-35)21-13-22-43(51)36-16-8-5-9-17-36;/h4-31H,1-3H3;/q-2;/i4D,5D,6D,7D,8D,9D,14D,15D,16D,17D;. The summed E-state index contributed by atoms with van der Waals surface area (Å²) < 4.78 is 98.6. The third kappa shape index (κ3) is 7.05. The maximum absolute atomic E-state index is 8.99. The van der Waals surface area contributed by atoms with Crippen molar-refractivity contribution in [3.05, 3.63) is 199 Å². The zero-order valence-electron chi connectivity index (χ0n) is 41.8. The summed E-state index contributed by atoms with van der Waals surface area (Å²) in [5, 5.41) is 2.37. The fourth-order valence-corrected chi connectivity index (χ4v) is 7.47. The predicted octanol–water partition coefficient (Wildman–Crippen LogP) is 12.9. The minimum absolute atomic E-state index is 0. The Labute approximate surface area is 377 Å². The van der Waals surface area contributed by atoms with Gasteiger partial charge in [-0.15, -0.1) is 29.7 Å². The van der Waals surface area contributed by atoms with Crippen molar-refractivity contribution in [1.29, 1.82) is 0 Å². The first-order chi connectivity index (χ1) is 32.4. The number of benzene rings is 7. The normalized spacial score (nSPS) is 14.0. The van der Waals surface area contributed by atoms with Crippen LogP contribution in [0.1, 0.15) is 40.0 Å². The number of pyridine rings is 1. The molecule has 59 heavy (non-hydrogen) atoms. The molecule has 0 aliphatic rings. The van der Waals surface area contributed by atoms with Gasteiger partial charge in [0, 0.05) is 49.3 Å². The maximum atomic E-state index is 8.99.